The summed E-state index contributed by atoms with van der Waals surface area (Å²) in [5.41, 5.74) is 2.52. The summed E-state index contributed by atoms with van der Waals surface area (Å²) in [6.07, 6.45) is 5.04. The van der Waals surface area contributed by atoms with E-state index in [4.69, 9.17) is 0 Å². The topological polar surface area (TPSA) is 17.1 Å². The molecule has 13 heavy (non-hydrogen) atoms. The highest BCUT2D eigenvalue weighted by Gasteiger charge is 1.99. The lowest BCUT2D eigenvalue weighted by atomic mass is 10.0. The van der Waals surface area contributed by atoms with Crippen LogP contribution in [0.1, 0.15) is 30.9 Å². The van der Waals surface area contributed by atoms with Crippen molar-refractivity contribution in [2.75, 3.05) is 0 Å². The molecule has 1 aromatic carbocycles. The van der Waals surface area contributed by atoms with E-state index in [0.717, 1.165) is 12.7 Å². The standard InChI is InChI=1S/C12H16O/c1-2-3-6-11-7-4-5-8-12(11)9-10-13/h4-5,7-8,10H,2-3,6,9H2,1H3. The van der Waals surface area contributed by atoms with Crippen LogP contribution < -0.4 is 0 Å². The average molecular weight is 176 g/mol. The number of carbonyl (C=O) groups is 1. The molecule has 0 bridgehead atoms. The van der Waals surface area contributed by atoms with Gasteiger partial charge in [-0.2, -0.15) is 0 Å². The van der Waals surface area contributed by atoms with Crippen LogP contribution in [-0.4, -0.2) is 6.29 Å². The van der Waals surface area contributed by atoms with Crippen LogP contribution in [-0.2, 0) is 17.6 Å². The van der Waals surface area contributed by atoms with E-state index in [1.807, 2.05) is 18.2 Å². The number of rotatable bonds is 5. The number of hydrogen-bond acceptors (Lipinski definition) is 1. The minimum Gasteiger partial charge on any atom is -0.303 e. The van der Waals surface area contributed by atoms with Gasteiger partial charge in [-0.1, -0.05) is 37.6 Å². The number of carbonyl (C=O) groups excluding carboxylic acids is 1. The number of aldehydes is 1. The van der Waals surface area contributed by atoms with Crippen molar-refractivity contribution >= 4 is 6.29 Å². The highest BCUT2D eigenvalue weighted by Crippen LogP contribution is 2.11. The highest BCUT2D eigenvalue weighted by atomic mass is 16.1. The van der Waals surface area contributed by atoms with Gasteiger partial charge in [0.1, 0.15) is 6.29 Å². The predicted molar refractivity (Wildman–Crippen MR) is 54.8 cm³/mol. The van der Waals surface area contributed by atoms with Crippen LogP contribution >= 0.6 is 0 Å². The van der Waals surface area contributed by atoms with Crippen molar-refractivity contribution in [3.05, 3.63) is 35.4 Å². The predicted octanol–water partition coefficient (Wildman–Crippen LogP) is 2.77. The molecule has 0 fully saturated rings. The third kappa shape index (κ3) is 3.02. The maximum absolute atomic E-state index is 10.4. The lowest BCUT2D eigenvalue weighted by Crippen LogP contribution is -1.94. The summed E-state index contributed by atoms with van der Waals surface area (Å²) in [6.45, 7) is 2.18. The highest BCUT2D eigenvalue weighted by molar-refractivity contribution is 5.56. The monoisotopic (exact) mass is 176 g/mol. The fourth-order valence-corrected chi connectivity index (χ4v) is 1.46. The van der Waals surface area contributed by atoms with Crippen molar-refractivity contribution in [1.29, 1.82) is 0 Å². The molecule has 0 heterocycles. The summed E-state index contributed by atoms with van der Waals surface area (Å²) in [4.78, 5) is 10.4. The normalized spacial score (nSPS) is 9.92. The summed E-state index contributed by atoms with van der Waals surface area (Å²) in [7, 11) is 0. The Labute approximate surface area is 79.8 Å². The molecule has 0 aliphatic rings. The van der Waals surface area contributed by atoms with E-state index < -0.39 is 0 Å². The molecule has 0 radical (unpaired) electrons. The van der Waals surface area contributed by atoms with E-state index in [2.05, 4.69) is 13.0 Å². The molecule has 1 nitrogen and oxygen atoms in total. The maximum Gasteiger partial charge on any atom is 0.124 e. The van der Waals surface area contributed by atoms with E-state index in [1.165, 1.54) is 24.0 Å². The SMILES string of the molecule is CCCCc1ccccc1CC=O. The Morgan fingerprint density at radius 3 is 2.54 bits per heavy atom. The fraction of sp³-hybridized carbons (Fsp3) is 0.417. The van der Waals surface area contributed by atoms with Crippen molar-refractivity contribution < 1.29 is 4.79 Å². The molecule has 0 aromatic heterocycles. The fourth-order valence-electron chi connectivity index (χ4n) is 1.46. The minimum atomic E-state index is 0.555. The number of benzene rings is 1. The molecule has 0 saturated carbocycles. The molecule has 0 spiro atoms. The molecule has 0 N–H and O–H groups in total. The van der Waals surface area contributed by atoms with Crippen molar-refractivity contribution in [2.45, 2.75) is 32.6 Å². The van der Waals surface area contributed by atoms with Crippen molar-refractivity contribution in [2.24, 2.45) is 0 Å². The van der Waals surface area contributed by atoms with Crippen LogP contribution in [0.4, 0.5) is 0 Å². The Balaban J connectivity index is 2.71. The van der Waals surface area contributed by atoms with Gasteiger partial charge in [-0.3, -0.25) is 0 Å². The molecule has 1 rings (SSSR count). The van der Waals surface area contributed by atoms with Gasteiger partial charge in [0.15, 0.2) is 0 Å². The van der Waals surface area contributed by atoms with Crippen molar-refractivity contribution in [3.8, 4) is 0 Å². The molecular weight excluding hydrogens is 160 g/mol. The zero-order chi connectivity index (χ0) is 9.52. The maximum atomic E-state index is 10.4. The Morgan fingerprint density at radius 2 is 1.92 bits per heavy atom. The van der Waals surface area contributed by atoms with E-state index >= 15 is 0 Å². The molecule has 0 atom stereocenters. The molecule has 1 aromatic rings. The van der Waals surface area contributed by atoms with Gasteiger partial charge in [-0.15, -0.1) is 0 Å². The van der Waals surface area contributed by atoms with Crippen LogP contribution in [0.3, 0.4) is 0 Å². The van der Waals surface area contributed by atoms with E-state index in [1.54, 1.807) is 0 Å². The van der Waals surface area contributed by atoms with Gasteiger partial charge < -0.3 is 4.79 Å². The summed E-state index contributed by atoms with van der Waals surface area (Å²) in [5.74, 6) is 0. The van der Waals surface area contributed by atoms with Gasteiger partial charge in [-0.25, -0.2) is 0 Å². The van der Waals surface area contributed by atoms with Gasteiger partial charge in [0.05, 0.1) is 0 Å². The minimum absolute atomic E-state index is 0.555. The third-order valence-electron chi connectivity index (χ3n) is 2.22. The third-order valence-corrected chi connectivity index (χ3v) is 2.22. The average Bonchev–Trinajstić information content (AvgIpc) is 2.17. The first kappa shape index (κ1) is 9.97. The molecule has 0 aliphatic carbocycles. The molecule has 0 amide bonds. The summed E-state index contributed by atoms with van der Waals surface area (Å²) >= 11 is 0. The molecule has 0 unspecified atom stereocenters. The molecule has 1 heteroatoms. The van der Waals surface area contributed by atoms with E-state index in [-0.39, 0.29) is 0 Å². The summed E-state index contributed by atoms with van der Waals surface area (Å²) < 4.78 is 0. The lowest BCUT2D eigenvalue weighted by Gasteiger charge is -2.05. The summed E-state index contributed by atoms with van der Waals surface area (Å²) in [5, 5.41) is 0. The first-order valence-corrected chi connectivity index (χ1v) is 4.89. The second-order valence-electron chi connectivity index (χ2n) is 3.24. The second kappa shape index (κ2) is 5.52. The van der Waals surface area contributed by atoms with Crippen LogP contribution in [0.5, 0.6) is 0 Å². The first-order valence-electron chi connectivity index (χ1n) is 4.89. The molecule has 0 saturated heterocycles. The second-order valence-corrected chi connectivity index (χ2v) is 3.24. The Bertz CT molecular complexity index is 266. The van der Waals surface area contributed by atoms with Gasteiger partial charge in [-0.05, 0) is 24.0 Å². The van der Waals surface area contributed by atoms with Crippen molar-refractivity contribution in [3.63, 3.8) is 0 Å². The van der Waals surface area contributed by atoms with Gasteiger partial charge in [0, 0.05) is 6.42 Å². The van der Waals surface area contributed by atoms with Gasteiger partial charge in [0.25, 0.3) is 0 Å². The molecule has 0 aliphatic heterocycles. The zero-order valence-electron chi connectivity index (χ0n) is 8.12. The summed E-state index contributed by atoms with van der Waals surface area (Å²) in [6, 6.07) is 8.20. The van der Waals surface area contributed by atoms with E-state index in [0.29, 0.717) is 6.42 Å². The number of aryl methyl sites for hydroxylation is 1. The van der Waals surface area contributed by atoms with E-state index in [9.17, 15) is 4.79 Å². The van der Waals surface area contributed by atoms with Crippen LogP contribution in [0.2, 0.25) is 0 Å². The van der Waals surface area contributed by atoms with Crippen LogP contribution in [0.25, 0.3) is 0 Å². The quantitative estimate of drug-likeness (QED) is 0.630. The molecular formula is C12H16O. The Kier molecular flexibility index (Phi) is 4.24. The molecule has 70 valence electrons. The zero-order valence-corrected chi connectivity index (χ0v) is 8.12. The largest absolute Gasteiger partial charge is 0.303 e. The lowest BCUT2D eigenvalue weighted by molar-refractivity contribution is -0.107. The van der Waals surface area contributed by atoms with Crippen molar-refractivity contribution in [1.82, 2.24) is 0 Å². The Hall–Kier alpha value is -1.11. The first-order chi connectivity index (χ1) is 6.38. The van der Waals surface area contributed by atoms with Gasteiger partial charge >= 0.3 is 0 Å². The smallest absolute Gasteiger partial charge is 0.124 e. The number of hydrogen-bond donors (Lipinski definition) is 0. The Morgan fingerprint density at radius 1 is 1.23 bits per heavy atom. The number of unbranched alkanes of at least 4 members (excludes halogenated alkanes) is 1. The van der Waals surface area contributed by atoms with Gasteiger partial charge in [0.2, 0.25) is 0 Å². The van der Waals surface area contributed by atoms with Crippen LogP contribution in [0, 0.1) is 0 Å². The van der Waals surface area contributed by atoms with Crippen LogP contribution in [0.15, 0.2) is 24.3 Å².